The Morgan fingerprint density at radius 2 is 2.10 bits per heavy atom. The number of aliphatic hydroxyl groups is 1. The van der Waals surface area contributed by atoms with E-state index in [1.165, 1.54) is 11.3 Å². The lowest BCUT2D eigenvalue weighted by Crippen LogP contribution is -2.36. The van der Waals surface area contributed by atoms with Crippen LogP contribution in [0.25, 0.3) is 0 Å². The highest BCUT2D eigenvalue weighted by Gasteiger charge is 2.30. The Hall–Kier alpha value is -1.40. The molecule has 110 valence electrons. The molecule has 1 aromatic heterocycles. The van der Waals surface area contributed by atoms with E-state index in [2.05, 4.69) is 10.6 Å². The van der Waals surface area contributed by atoms with Gasteiger partial charge in [0.25, 0.3) is 5.91 Å². The van der Waals surface area contributed by atoms with Crippen LogP contribution in [0.3, 0.4) is 0 Å². The summed E-state index contributed by atoms with van der Waals surface area (Å²) < 4.78 is 0. The maximum absolute atomic E-state index is 11.8. The van der Waals surface area contributed by atoms with E-state index in [0.29, 0.717) is 24.4 Å². The molecule has 2 rings (SSSR count). The van der Waals surface area contributed by atoms with Crippen molar-refractivity contribution in [2.45, 2.75) is 31.8 Å². The maximum atomic E-state index is 11.8. The number of carbonyl (C=O) groups excluding carboxylic acids is 2. The van der Waals surface area contributed by atoms with Gasteiger partial charge in [-0.25, -0.2) is 0 Å². The van der Waals surface area contributed by atoms with E-state index < -0.39 is 6.10 Å². The van der Waals surface area contributed by atoms with Crippen LogP contribution in [0.1, 0.15) is 35.4 Å². The Kier molecular flexibility index (Phi) is 5.55. The van der Waals surface area contributed by atoms with Crippen molar-refractivity contribution in [3.63, 3.8) is 0 Å². The molecular formula is C14H20N2O3S. The van der Waals surface area contributed by atoms with Gasteiger partial charge in [-0.05, 0) is 37.1 Å². The van der Waals surface area contributed by atoms with E-state index in [-0.39, 0.29) is 17.7 Å². The van der Waals surface area contributed by atoms with Crippen molar-refractivity contribution in [2.75, 3.05) is 13.1 Å². The molecule has 5 nitrogen and oxygen atoms in total. The molecule has 0 spiro atoms. The number of carbonyl (C=O) groups is 2. The zero-order valence-corrected chi connectivity index (χ0v) is 12.1. The van der Waals surface area contributed by atoms with E-state index in [0.717, 1.165) is 19.3 Å². The van der Waals surface area contributed by atoms with Crippen molar-refractivity contribution in [1.29, 1.82) is 0 Å². The molecule has 20 heavy (non-hydrogen) atoms. The molecule has 1 aliphatic carbocycles. The standard InChI is InChI=1S/C14H20N2O3S/c17-11-5-1-4-10(11)13(18)15-7-3-8-16-14(19)12-6-2-9-20-12/h2,6,9-11,17H,1,3-5,7-8H2,(H,15,18)(H,16,19). The molecule has 0 aliphatic heterocycles. The quantitative estimate of drug-likeness (QED) is 0.689. The molecule has 3 N–H and O–H groups in total. The molecule has 2 atom stereocenters. The van der Waals surface area contributed by atoms with Crippen LogP contribution >= 0.6 is 11.3 Å². The summed E-state index contributed by atoms with van der Waals surface area (Å²) >= 11 is 1.41. The minimum absolute atomic E-state index is 0.0698. The fraction of sp³-hybridized carbons (Fsp3) is 0.571. The Labute approximate surface area is 122 Å². The van der Waals surface area contributed by atoms with Gasteiger partial charge < -0.3 is 15.7 Å². The van der Waals surface area contributed by atoms with Crippen LogP contribution in [0.2, 0.25) is 0 Å². The average Bonchev–Trinajstić information content (AvgIpc) is 3.08. The lowest BCUT2D eigenvalue weighted by atomic mass is 10.1. The van der Waals surface area contributed by atoms with Crippen molar-refractivity contribution in [3.05, 3.63) is 22.4 Å². The van der Waals surface area contributed by atoms with Gasteiger partial charge in [-0.3, -0.25) is 9.59 Å². The van der Waals surface area contributed by atoms with Crippen molar-refractivity contribution in [2.24, 2.45) is 5.92 Å². The molecule has 0 aromatic carbocycles. The van der Waals surface area contributed by atoms with Crippen molar-refractivity contribution < 1.29 is 14.7 Å². The van der Waals surface area contributed by atoms with Gasteiger partial charge >= 0.3 is 0 Å². The van der Waals surface area contributed by atoms with Crippen molar-refractivity contribution >= 4 is 23.2 Å². The molecule has 0 bridgehead atoms. The average molecular weight is 296 g/mol. The van der Waals surface area contributed by atoms with Crippen LogP contribution in [0.15, 0.2) is 17.5 Å². The summed E-state index contributed by atoms with van der Waals surface area (Å²) in [5.74, 6) is -0.396. The third-order valence-corrected chi connectivity index (χ3v) is 4.37. The summed E-state index contributed by atoms with van der Waals surface area (Å²) in [6, 6.07) is 3.62. The monoisotopic (exact) mass is 296 g/mol. The maximum Gasteiger partial charge on any atom is 0.261 e. The summed E-state index contributed by atoms with van der Waals surface area (Å²) in [6.45, 7) is 1.05. The Bertz CT molecular complexity index is 447. The topological polar surface area (TPSA) is 78.4 Å². The highest BCUT2D eigenvalue weighted by Crippen LogP contribution is 2.25. The van der Waals surface area contributed by atoms with E-state index >= 15 is 0 Å². The van der Waals surface area contributed by atoms with E-state index in [4.69, 9.17) is 0 Å². The molecule has 0 radical (unpaired) electrons. The summed E-state index contributed by atoms with van der Waals surface area (Å²) in [7, 11) is 0. The largest absolute Gasteiger partial charge is 0.392 e. The molecule has 1 aromatic rings. The van der Waals surface area contributed by atoms with Gasteiger partial charge in [-0.2, -0.15) is 0 Å². The predicted molar refractivity (Wildman–Crippen MR) is 77.6 cm³/mol. The highest BCUT2D eigenvalue weighted by molar-refractivity contribution is 7.12. The van der Waals surface area contributed by atoms with Crippen molar-refractivity contribution in [3.8, 4) is 0 Å². The van der Waals surface area contributed by atoms with E-state index in [9.17, 15) is 14.7 Å². The van der Waals surface area contributed by atoms with Gasteiger partial charge in [-0.15, -0.1) is 11.3 Å². The van der Waals surface area contributed by atoms with Gasteiger partial charge in [0, 0.05) is 13.1 Å². The molecule has 1 fully saturated rings. The number of thiophene rings is 1. The number of hydrogen-bond donors (Lipinski definition) is 3. The number of amides is 2. The number of hydrogen-bond acceptors (Lipinski definition) is 4. The zero-order chi connectivity index (χ0) is 14.4. The Morgan fingerprint density at radius 3 is 2.75 bits per heavy atom. The third kappa shape index (κ3) is 4.05. The van der Waals surface area contributed by atoms with Crippen LogP contribution in [0.4, 0.5) is 0 Å². The molecule has 2 amide bonds. The number of rotatable bonds is 6. The molecule has 2 unspecified atom stereocenters. The van der Waals surface area contributed by atoms with E-state index in [1.807, 2.05) is 11.4 Å². The smallest absolute Gasteiger partial charge is 0.261 e. The van der Waals surface area contributed by atoms with Gasteiger partial charge in [0.05, 0.1) is 16.9 Å². The Balaban J connectivity index is 1.57. The normalized spacial score (nSPS) is 21.6. The molecule has 1 aliphatic rings. The first-order valence-electron chi connectivity index (χ1n) is 6.96. The van der Waals surface area contributed by atoms with Gasteiger partial charge in [0.15, 0.2) is 0 Å². The second-order valence-corrected chi connectivity index (χ2v) is 5.93. The lowest BCUT2D eigenvalue weighted by Gasteiger charge is -2.14. The minimum atomic E-state index is -0.492. The summed E-state index contributed by atoms with van der Waals surface area (Å²) in [4.78, 5) is 24.1. The second kappa shape index (κ2) is 7.40. The van der Waals surface area contributed by atoms with Crippen LogP contribution in [0.5, 0.6) is 0 Å². The fourth-order valence-electron chi connectivity index (χ4n) is 2.37. The molecule has 1 heterocycles. The lowest BCUT2D eigenvalue weighted by molar-refractivity contribution is -0.127. The molecular weight excluding hydrogens is 276 g/mol. The van der Waals surface area contributed by atoms with Crippen LogP contribution in [0, 0.1) is 5.92 Å². The first-order chi connectivity index (χ1) is 9.68. The Morgan fingerprint density at radius 1 is 1.30 bits per heavy atom. The zero-order valence-electron chi connectivity index (χ0n) is 11.3. The SMILES string of the molecule is O=C(NCCCNC(=O)C1CCCC1O)c1cccs1. The minimum Gasteiger partial charge on any atom is -0.392 e. The van der Waals surface area contributed by atoms with Crippen LogP contribution in [-0.4, -0.2) is 36.1 Å². The second-order valence-electron chi connectivity index (χ2n) is 4.98. The van der Waals surface area contributed by atoms with Crippen LogP contribution < -0.4 is 10.6 Å². The molecule has 6 heteroatoms. The van der Waals surface area contributed by atoms with E-state index in [1.54, 1.807) is 6.07 Å². The van der Waals surface area contributed by atoms with Crippen LogP contribution in [-0.2, 0) is 4.79 Å². The number of aliphatic hydroxyl groups excluding tert-OH is 1. The first-order valence-corrected chi connectivity index (χ1v) is 7.84. The highest BCUT2D eigenvalue weighted by atomic mass is 32.1. The predicted octanol–water partition coefficient (Wildman–Crippen LogP) is 1.15. The molecule has 0 saturated heterocycles. The van der Waals surface area contributed by atoms with Gasteiger partial charge in [0.2, 0.25) is 5.91 Å². The fourth-order valence-corrected chi connectivity index (χ4v) is 3.01. The van der Waals surface area contributed by atoms with Gasteiger partial charge in [0.1, 0.15) is 0 Å². The summed E-state index contributed by atoms with van der Waals surface area (Å²) in [6.07, 6.45) is 2.59. The summed E-state index contributed by atoms with van der Waals surface area (Å²) in [5.41, 5.74) is 0. The summed E-state index contributed by atoms with van der Waals surface area (Å²) in [5, 5.41) is 17.1. The first kappa shape index (κ1) is 15.0. The van der Waals surface area contributed by atoms with Gasteiger partial charge in [-0.1, -0.05) is 6.07 Å². The molecule has 1 saturated carbocycles. The number of nitrogens with one attached hydrogen (secondary N) is 2. The third-order valence-electron chi connectivity index (χ3n) is 3.50. The van der Waals surface area contributed by atoms with Crippen molar-refractivity contribution in [1.82, 2.24) is 10.6 Å².